The van der Waals surface area contributed by atoms with Crippen LogP contribution in [0.1, 0.15) is 86.2 Å². The van der Waals surface area contributed by atoms with Crippen molar-refractivity contribution in [1.82, 2.24) is 16.0 Å². The van der Waals surface area contributed by atoms with Crippen molar-refractivity contribution in [2.45, 2.75) is 76.3 Å². The smallest absolute Gasteiger partial charge is 0.251 e. The van der Waals surface area contributed by atoms with Gasteiger partial charge in [0.2, 0.25) is 5.91 Å². The number of hydrogen-bond donors (Lipinski definition) is 3. The molecule has 6 nitrogen and oxygen atoms in total. The van der Waals surface area contributed by atoms with E-state index in [1.165, 1.54) is 39.0 Å². The predicted octanol–water partition coefficient (Wildman–Crippen LogP) is 5.82. The number of rotatable bonds is 14. The van der Waals surface area contributed by atoms with Crippen molar-refractivity contribution in [3.05, 3.63) is 70.2 Å². The Morgan fingerprint density at radius 2 is 1.76 bits per heavy atom. The zero-order valence-electron chi connectivity index (χ0n) is 23.2. The summed E-state index contributed by atoms with van der Waals surface area (Å²) in [6, 6.07) is 15.3. The second-order valence-electron chi connectivity index (χ2n) is 10.6. The lowest BCUT2D eigenvalue weighted by atomic mass is 9.78. The number of carbonyl (C=O) groups excluding carboxylic acids is 2. The number of amides is 2. The van der Waals surface area contributed by atoms with Gasteiger partial charge in [-0.25, -0.2) is 0 Å². The zero-order valence-corrected chi connectivity index (χ0v) is 23.9. The van der Waals surface area contributed by atoms with Crippen LogP contribution in [-0.2, 0) is 15.1 Å². The molecule has 0 aliphatic heterocycles. The number of methoxy groups -OCH3 is 1. The number of likely N-dealkylation sites (N-methyl/N-ethyl adjacent to an activating group) is 1. The Hall–Kier alpha value is -2.41. The molecule has 0 radical (unpaired) electrons. The first-order valence-corrected chi connectivity index (χ1v) is 14.4. The van der Waals surface area contributed by atoms with E-state index in [0.717, 1.165) is 36.9 Å². The van der Waals surface area contributed by atoms with Gasteiger partial charge in [-0.05, 0) is 74.0 Å². The molecule has 2 aromatic carbocycles. The van der Waals surface area contributed by atoms with E-state index in [9.17, 15) is 9.59 Å². The third-order valence-electron chi connectivity index (χ3n) is 7.60. The minimum atomic E-state index is -0.826. The molecule has 1 aliphatic rings. The maximum Gasteiger partial charge on any atom is 0.251 e. The fourth-order valence-electron chi connectivity index (χ4n) is 5.81. The van der Waals surface area contributed by atoms with Crippen molar-refractivity contribution in [1.29, 1.82) is 0 Å². The monoisotopic (exact) mass is 541 g/mol. The Labute approximate surface area is 233 Å². The molecule has 3 N–H and O–H groups in total. The van der Waals surface area contributed by atoms with Crippen LogP contribution in [0.4, 0.5) is 0 Å². The average Bonchev–Trinajstić information content (AvgIpc) is 2.91. The van der Waals surface area contributed by atoms with Crippen LogP contribution >= 0.6 is 11.6 Å². The van der Waals surface area contributed by atoms with E-state index >= 15 is 0 Å². The molecule has 1 aliphatic carbocycles. The van der Waals surface area contributed by atoms with Gasteiger partial charge in [0.25, 0.3) is 5.91 Å². The van der Waals surface area contributed by atoms with Crippen LogP contribution in [0.15, 0.2) is 48.5 Å². The number of carbonyl (C=O) groups is 2. The van der Waals surface area contributed by atoms with Crippen molar-refractivity contribution < 1.29 is 14.3 Å². The molecule has 0 aromatic heterocycles. The highest BCUT2D eigenvalue weighted by Crippen LogP contribution is 2.36. The highest BCUT2D eigenvalue weighted by Gasteiger charge is 2.35. The number of halogens is 1. The molecule has 2 amide bonds. The third kappa shape index (κ3) is 8.55. The number of nitrogens with one attached hydrogen (secondary N) is 3. The summed E-state index contributed by atoms with van der Waals surface area (Å²) >= 11 is 6.40. The number of unbranched alkanes of at least 4 members (excludes halogenated alkanes) is 1. The first-order chi connectivity index (χ1) is 18.4. The van der Waals surface area contributed by atoms with E-state index in [-0.39, 0.29) is 17.9 Å². The molecule has 1 saturated carbocycles. The lowest BCUT2D eigenvalue weighted by Crippen LogP contribution is -2.46. The Morgan fingerprint density at radius 1 is 1.05 bits per heavy atom. The number of benzene rings is 2. The van der Waals surface area contributed by atoms with Gasteiger partial charge >= 0.3 is 0 Å². The summed E-state index contributed by atoms with van der Waals surface area (Å²) in [7, 11) is 3.62. The molecule has 0 heterocycles. The summed E-state index contributed by atoms with van der Waals surface area (Å²) in [5.41, 5.74) is 1.51. The second kappa shape index (κ2) is 15.2. The molecule has 2 unspecified atom stereocenters. The quantitative estimate of drug-likeness (QED) is 0.263. The molecule has 0 spiro atoms. The maximum absolute atomic E-state index is 13.5. The van der Waals surface area contributed by atoms with Gasteiger partial charge in [0.05, 0.1) is 5.54 Å². The minimum absolute atomic E-state index is 0.0707. The Bertz CT molecular complexity index is 1040. The van der Waals surface area contributed by atoms with Gasteiger partial charge in [0.15, 0.2) is 0 Å². The average molecular weight is 542 g/mol. The van der Waals surface area contributed by atoms with Gasteiger partial charge in [0.1, 0.15) is 0 Å². The van der Waals surface area contributed by atoms with Crippen LogP contribution in [0.25, 0.3) is 0 Å². The molecule has 38 heavy (non-hydrogen) atoms. The van der Waals surface area contributed by atoms with E-state index in [1.54, 1.807) is 7.11 Å². The topological polar surface area (TPSA) is 79.5 Å². The van der Waals surface area contributed by atoms with E-state index in [4.69, 9.17) is 16.3 Å². The molecule has 0 bridgehead atoms. The van der Waals surface area contributed by atoms with Crippen LogP contribution < -0.4 is 16.0 Å². The van der Waals surface area contributed by atoms with Crippen LogP contribution in [-0.4, -0.2) is 45.2 Å². The molecule has 1 fully saturated rings. The Kier molecular flexibility index (Phi) is 12.1. The summed E-state index contributed by atoms with van der Waals surface area (Å²) in [4.78, 5) is 26.0. The lowest BCUT2D eigenvalue weighted by Gasteiger charge is -2.36. The molecule has 7 heteroatoms. The summed E-state index contributed by atoms with van der Waals surface area (Å²) in [6.45, 7) is 2.90. The van der Waals surface area contributed by atoms with E-state index in [1.807, 2.05) is 55.6 Å². The first-order valence-electron chi connectivity index (χ1n) is 14.0. The Balaban J connectivity index is 1.92. The van der Waals surface area contributed by atoms with Crippen molar-refractivity contribution in [2.24, 2.45) is 5.92 Å². The molecular weight excluding hydrogens is 498 g/mol. The third-order valence-corrected chi connectivity index (χ3v) is 7.84. The molecule has 208 valence electrons. The maximum atomic E-state index is 13.5. The Morgan fingerprint density at radius 3 is 2.42 bits per heavy atom. The molecular formula is C31H44ClN3O3. The number of hydrogen-bond acceptors (Lipinski definition) is 4. The van der Waals surface area contributed by atoms with E-state index in [2.05, 4.69) is 16.0 Å². The normalized spacial score (nSPS) is 16.4. The van der Waals surface area contributed by atoms with Crippen molar-refractivity contribution in [3.8, 4) is 0 Å². The number of ether oxygens (including phenoxy) is 1. The van der Waals surface area contributed by atoms with Gasteiger partial charge < -0.3 is 20.7 Å². The van der Waals surface area contributed by atoms with Crippen LogP contribution in [0.5, 0.6) is 0 Å². The highest BCUT2D eigenvalue weighted by atomic mass is 35.5. The first kappa shape index (κ1) is 30.1. The van der Waals surface area contributed by atoms with Gasteiger partial charge in [-0.15, -0.1) is 0 Å². The molecule has 2 atom stereocenters. The predicted molar refractivity (Wildman–Crippen MR) is 155 cm³/mol. The second-order valence-corrected chi connectivity index (χ2v) is 11.0. The SMILES string of the molecule is CNCC(CC1CCCCC1)NC(=O)c1cccc(C(CCCCOC)(NC(C)=O)c2cccc(Cl)c2)c1. The van der Waals surface area contributed by atoms with E-state index < -0.39 is 5.54 Å². The van der Waals surface area contributed by atoms with E-state index in [0.29, 0.717) is 29.5 Å². The van der Waals surface area contributed by atoms with Crippen molar-refractivity contribution in [3.63, 3.8) is 0 Å². The lowest BCUT2D eigenvalue weighted by molar-refractivity contribution is -0.120. The molecule has 3 rings (SSSR count). The fourth-order valence-corrected chi connectivity index (χ4v) is 6.00. The highest BCUT2D eigenvalue weighted by molar-refractivity contribution is 6.30. The summed E-state index contributed by atoms with van der Waals surface area (Å²) < 4.78 is 5.26. The largest absolute Gasteiger partial charge is 0.385 e. The summed E-state index contributed by atoms with van der Waals surface area (Å²) in [5.74, 6) is 0.425. The van der Waals surface area contributed by atoms with Gasteiger partial charge in [-0.1, -0.05) is 68.0 Å². The minimum Gasteiger partial charge on any atom is -0.385 e. The standard InChI is InChI=1S/C31H44ClN3O3/c1-23(36)35-31(17-7-8-18-38-3,27-15-10-16-28(32)21-27)26-14-9-13-25(20-26)30(37)34-29(22-33-2)19-24-11-5-4-6-12-24/h9-10,13-16,20-21,24,29,33H,4-8,11-12,17-19,22H2,1-3H3,(H,34,37)(H,35,36). The fraction of sp³-hybridized carbons (Fsp3) is 0.548. The van der Waals surface area contributed by atoms with Crippen LogP contribution in [0.2, 0.25) is 5.02 Å². The van der Waals surface area contributed by atoms with Crippen LogP contribution in [0, 0.1) is 5.92 Å². The molecule has 2 aromatic rings. The summed E-state index contributed by atoms with van der Waals surface area (Å²) in [5, 5.41) is 10.4. The van der Waals surface area contributed by atoms with Crippen molar-refractivity contribution in [2.75, 3.05) is 27.3 Å². The van der Waals surface area contributed by atoms with Crippen molar-refractivity contribution >= 4 is 23.4 Å². The zero-order chi connectivity index (χ0) is 27.4. The summed E-state index contributed by atoms with van der Waals surface area (Å²) in [6.07, 6.45) is 9.68. The van der Waals surface area contributed by atoms with Gasteiger partial charge in [-0.2, -0.15) is 0 Å². The van der Waals surface area contributed by atoms with Gasteiger partial charge in [0, 0.05) is 43.8 Å². The molecule has 0 saturated heterocycles. The van der Waals surface area contributed by atoms with Gasteiger partial charge in [-0.3, -0.25) is 9.59 Å². The van der Waals surface area contributed by atoms with Crippen LogP contribution in [0.3, 0.4) is 0 Å².